The van der Waals surface area contributed by atoms with Gasteiger partial charge in [0.2, 0.25) is 5.91 Å². The summed E-state index contributed by atoms with van der Waals surface area (Å²) in [5.41, 5.74) is 1.16. The van der Waals surface area contributed by atoms with E-state index in [1.807, 2.05) is 25.1 Å². The summed E-state index contributed by atoms with van der Waals surface area (Å²) < 4.78 is 0.742. The number of hydrogen-bond donors (Lipinski definition) is 1. The molecule has 1 N–H and O–H groups in total. The normalized spacial score (nSPS) is 21.6. The molecule has 3 unspecified atom stereocenters. The first kappa shape index (κ1) is 19.6. The van der Waals surface area contributed by atoms with Crippen LogP contribution in [-0.2, 0) is 4.79 Å². The number of carbonyl (C=O) groups excluding carboxylic acids is 1. The van der Waals surface area contributed by atoms with Crippen LogP contribution in [0.3, 0.4) is 0 Å². The summed E-state index contributed by atoms with van der Waals surface area (Å²) in [5.74, 6) is 1.29. The van der Waals surface area contributed by atoms with Crippen LogP contribution in [0.1, 0.15) is 38.7 Å². The number of carbonyl (C=O) groups is 1. The Hall–Kier alpha value is -0.770. The lowest BCUT2D eigenvalue weighted by molar-refractivity contribution is -0.117. The van der Waals surface area contributed by atoms with Gasteiger partial charge in [-0.15, -0.1) is 0 Å². The van der Waals surface area contributed by atoms with Gasteiger partial charge in [0.1, 0.15) is 0 Å². The maximum atomic E-state index is 11.7. The predicted molar refractivity (Wildman–Crippen MR) is 106 cm³/mol. The van der Waals surface area contributed by atoms with E-state index in [-0.39, 0.29) is 11.9 Å². The van der Waals surface area contributed by atoms with Crippen molar-refractivity contribution in [3.63, 3.8) is 0 Å². The molecule has 1 aromatic carbocycles. The summed E-state index contributed by atoms with van der Waals surface area (Å²) in [5, 5.41) is 4.23. The monoisotopic (exact) mass is 429 g/mol. The third kappa shape index (κ3) is 5.37. The fourth-order valence-corrected chi connectivity index (χ4v) is 3.12. The van der Waals surface area contributed by atoms with Gasteiger partial charge in [-0.2, -0.15) is 0 Å². The third-order valence-electron chi connectivity index (χ3n) is 4.36. The Labute approximate surface area is 162 Å². The Bertz CT molecular complexity index is 646. The van der Waals surface area contributed by atoms with Crippen molar-refractivity contribution in [2.75, 3.05) is 0 Å². The lowest BCUT2D eigenvalue weighted by atomic mass is 10.1. The largest absolute Gasteiger partial charge is 0.350 e. The summed E-state index contributed by atoms with van der Waals surface area (Å²) in [6.07, 6.45) is 8.51. The van der Waals surface area contributed by atoms with Crippen LogP contribution < -0.4 is 5.32 Å². The van der Waals surface area contributed by atoms with E-state index in [2.05, 4.69) is 41.2 Å². The van der Waals surface area contributed by atoms with E-state index in [4.69, 9.17) is 23.2 Å². The summed E-state index contributed by atoms with van der Waals surface area (Å²) in [4.78, 5) is 11.7. The minimum atomic E-state index is -0.0559. The van der Waals surface area contributed by atoms with E-state index in [9.17, 15) is 4.79 Å². The Kier molecular flexibility index (Phi) is 6.97. The summed E-state index contributed by atoms with van der Waals surface area (Å²) in [6.45, 7) is 6.18. The molecule has 24 heavy (non-hydrogen) atoms. The molecule has 0 spiro atoms. The van der Waals surface area contributed by atoms with Gasteiger partial charge < -0.3 is 5.32 Å². The SMILES string of the molecule is CC(C)C(C)NC(=O)C=CC=CC1CC1c1cc(Cl)c(Br)c(Cl)c1. The number of rotatable bonds is 6. The van der Waals surface area contributed by atoms with E-state index in [1.54, 1.807) is 12.2 Å². The average Bonchev–Trinajstić information content (AvgIpc) is 3.28. The van der Waals surface area contributed by atoms with Crippen LogP contribution in [0.25, 0.3) is 0 Å². The summed E-state index contributed by atoms with van der Waals surface area (Å²) in [6, 6.07) is 4.10. The van der Waals surface area contributed by atoms with Gasteiger partial charge in [-0.05, 0) is 64.7 Å². The number of hydrogen-bond acceptors (Lipinski definition) is 1. The minimum Gasteiger partial charge on any atom is -0.350 e. The molecule has 0 heterocycles. The smallest absolute Gasteiger partial charge is 0.244 e. The number of nitrogens with one attached hydrogen (secondary N) is 1. The van der Waals surface area contributed by atoms with Crippen LogP contribution in [-0.4, -0.2) is 11.9 Å². The molecule has 130 valence electrons. The molecule has 1 aromatic rings. The van der Waals surface area contributed by atoms with Gasteiger partial charge in [0, 0.05) is 12.1 Å². The van der Waals surface area contributed by atoms with Crippen LogP contribution in [0.4, 0.5) is 0 Å². The number of benzene rings is 1. The highest BCUT2D eigenvalue weighted by molar-refractivity contribution is 9.10. The molecule has 1 aliphatic rings. The van der Waals surface area contributed by atoms with Crippen molar-refractivity contribution in [1.29, 1.82) is 0 Å². The first-order chi connectivity index (χ1) is 11.3. The Morgan fingerprint density at radius 3 is 2.46 bits per heavy atom. The van der Waals surface area contributed by atoms with Crippen LogP contribution in [0.15, 0.2) is 40.9 Å². The zero-order chi connectivity index (χ0) is 17.9. The fraction of sp³-hybridized carbons (Fsp3) is 0.421. The molecular weight excluding hydrogens is 409 g/mol. The molecule has 2 nitrogen and oxygen atoms in total. The van der Waals surface area contributed by atoms with Gasteiger partial charge in [-0.3, -0.25) is 4.79 Å². The standard InChI is InChI=1S/C19H22BrCl2NO/c1-11(2)12(3)23-18(24)7-5-4-6-13-8-15(13)14-9-16(21)19(20)17(22)10-14/h4-7,9-13,15H,8H2,1-3H3,(H,23,24). The highest BCUT2D eigenvalue weighted by Gasteiger charge is 2.36. The number of allylic oxidation sites excluding steroid dienone is 3. The number of amides is 1. The lowest BCUT2D eigenvalue weighted by Gasteiger charge is -2.15. The molecule has 1 fully saturated rings. The molecule has 0 radical (unpaired) electrons. The second-order valence-corrected chi connectivity index (χ2v) is 8.20. The van der Waals surface area contributed by atoms with Gasteiger partial charge in [0.25, 0.3) is 0 Å². The summed E-state index contributed by atoms with van der Waals surface area (Å²) >= 11 is 15.7. The van der Waals surface area contributed by atoms with Gasteiger partial charge in [0.15, 0.2) is 0 Å². The maximum absolute atomic E-state index is 11.7. The topological polar surface area (TPSA) is 29.1 Å². The first-order valence-electron chi connectivity index (χ1n) is 8.09. The van der Waals surface area contributed by atoms with Crippen molar-refractivity contribution in [3.05, 3.63) is 56.5 Å². The lowest BCUT2D eigenvalue weighted by Crippen LogP contribution is -2.34. The molecule has 0 aromatic heterocycles. The van der Waals surface area contributed by atoms with E-state index < -0.39 is 0 Å². The van der Waals surface area contributed by atoms with Crippen molar-refractivity contribution in [3.8, 4) is 0 Å². The second-order valence-electron chi connectivity index (χ2n) is 6.59. The molecule has 3 atom stereocenters. The van der Waals surface area contributed by atoms with Crippen LogP contribution >= 0.6 is 39.1 Å². The molecular formula is C19H22BrCl2NO. The number of halogens is 3. The molecule has 1 aliphatic carbocycles. The van der Waals surface area contributed by atoms with Gasteiger partial charge >= 0.3 is 0 Å². The quantitative estimate of drug-likeness (QED) is 0.328. The van der Waals surface area contributed by atoms with Gasteiger partial charge in [-0.1, -0.05) is 55.3 Å². The highest BCUT2D eigenvalue weighted by Crippen LogP contribution is 2.50. The Morgan fingerprint density at radius 2 is 1.88 bits per heavy atom. The zero-order valence-corrected chi connectivity index (χ0v) is 17.1. The van der Waals surface area contributed by atoms with E-state index in [1.165, 1.54) is 0 Å². The molecule has 0 bridgehead atoms. The zero-order valence-electron chi connectivity index (χ0n) is 14.0. The fourth-order valence-electron chi connectivity index (χ4n) is 2.39. The van der Waals surface area contributed by atoms with Gasteiger partial charge in [0.05, 0.1) is 14.5 Å². The molecule has 0 aliphatic heterocycles. The van der Waals surface area contributed by atoms with Crippen LogP contribution in [0, 0.1) is 11.8 Å². The Balaban J connectivity index is 1.85. The van der Waals surface area contributed by atoms with Gasteiger partial charge in [-0.25, -0.2) is 0 Å². The van der Waals surface area contributed by atoms with E-state index >= 15 is 0 Å². The predicted octanol–water partition coefficient (Wildman–Crippen LogP) is 6.13. The molecule has 1 saturated carbocycles. The van der Waals surface area contributed by atoms with Crippen LogP contribution in [0.5, 0.6) is 0 Å². The van der Waals surface area contributed by atoms with Crippen molar-refractivity contribution in [1.82, 2.24) is 5.32 Å². The van der Waals surface area contributed by atoms with Crippen molar-refractivity contribution < 1.29 is 4.79 Å². The van der Waals surface area contributed by atoms with Crippen molar-refractivity contribution in [2.45, 2.75) is 39.2 Å². The molecule has 1 amide bonds. The Morgan fingerprint density at radius 1 is 1.25 bits per heavy atom. The minimum absolute atomic E-state index is 0.0559. The van der Waals surface area contributed by atoms with Crippen molar-refractivity contribution in [2.24, 2.45) is 11.8 Å². The second kappa shape index (κ2) is 8.55. The average molecular weight is 431 g/mol. The highest BCUT2D eigenvalue weighted by atomic mass is 79.9. The van der Waals surface area contributed by atoms with Crippen molar-refractivity contribution >= 4 is 45.0 Å². The molecule has 0 saturated heterocycles. The third-order valence-corrected chi connectivity index (χ3v) is 6.27. The first-order valence-corrected chi connectivity index (χ1v) is 9.64. The molecule has 5 heteroatoms. The summed E-state index contributed by atoms with van der Waals surface area (Å²) in [7, 11) is 0. The van der Waals surface area contributed by atoms with Crippen LogP contribution in [0.2, 0.25) is 10.0 Å². The van der Waals surface area contributed by atoms with E-state index in [0.29, 0.717) is 27.8 Å². The maximum Gasteiger partial charge on any atom is 0.244 e. The molecule has 2 rings (SSSR count). The van der Waals surface area contributed by atoms with E-state index in [0.717, 1.165) is 16.5 Å².